The van der Waals surface area contributed by atoms with E-state index in [4.69, 9.17) is 4.74 Å². The summed E-state index contributed by atoms with van der Waals surface area (Å²) in [6.07, 6.45) is 3.74. The van der Waals surface area contributed by atoms with E-state index in [0.29, 0.717) is 19.6 Å². The predicted molar refractivity (Wildman–Crippen MR) is 78.7 cm³/mol. The molecule has 1 rings (SSSR count). The summed E-state index contributed by atoms with van der Waals surface area (Å²) >= 11 is 0. The Kier molecular flexibility index (Phi) is 6.67. The van der Waals surface area contributed by atoms with Gasteiger partial charge in [-0.05, 0) is 12.1 Å². The second-order valence-electron chi connectivity index (χ2n) is 4.33. The first kappa shape index (κ1) is 16.1. The van der Waals surface area contributed by atoms with Gasteiger partial charge in [0.05, 0.1) is 12.7 Å². The molecule has 4 heteroatoms. The van der Waals surface area contributed by atoms with E-state index < -0.39 is 5.82 Å². The van der Waals surface area contributed by atoms with Crippen molar-refractivity contribution in [1.29, 1.82) is 0 Å². The topological polar surface area (TPSA) is 29.5 Å². The highest BCUT2D eigenvalue weighted by Gasteiger charge is 2.17. The molecule has 0 unspecified atom stereocenters. The van der Waals surface area contributed by atoms with E-state index in [0.717, 1.165) is 0 Å². The second-order valence-corrected chi connectivity index (χ2v) is 4.33. The van der Waals surface area contributed by atoms with Gasteiger partial charge in [0, 0.05) is 26.1 Å². The molecule has 0 aromatic heterocycles. The lowest BCUT2D eigenvalue weighted by Crippen LogP contribution is -2.27. The summed E-state index contributed by atoms with van der Waals surface area (Å²) in [6.45, 7) is 9.18. The number of carbonyl (C=O) groups excluding carboxylic acids is 1. The molecule has 0 fully saturated rings. The molecule has 0 aliphatic heterocycles. The van der Waals surface area contributed by atoms with Gasteiger partial charge in [0.2, 0.25) is 0 Å². The van der Waals surface area contributed by atoms with Crippen LogP contribution in [0.5, 0.6) is 5.75 Å². The molecule has 0 bridgehead atoms. The zero-order valence-electron chi connectivity index (χ0n) is 11.8. The Morgan fingerprint density at radius 3 is 2.55 bits per heavy atom. The summed E-state index contributed by atoms with van der Waals surface area (Å²) in [5.74, 6) is -0.541. The average Bonchev–Trinajstić information content (AvgIpc) is 2.44. The maximum atomic E-state index is 13.8. The van der Waals surface area contributed by atoms with Gasteiger partial charge >= 0.3 is 0 Å². The molecule has 0 atom stereocenters. The minimum Gasteiger partial charge on any atom is -0.496 e. The van der Waals surface area contributed by atoms with Crippen LogP contribution in [0.25, 0.3) is 0 Å². The SMILES string of the molecule is C=CCN(CC=C)CCC(=O)c1c(F)cccc1OC. The van der Waals surface area contributed by atoms with E-state index >= 15 is 0 Å². The molecule has 0 amide bonds. The molecule has 0 saturated heterocycles. The third-order valence-electron chi connectivity index (χ3n) is 2.90. The summed E-state index contributed by atoms with van der Waals surface area (Å²) in [7, 11) is 1.42. The Hall–Kier alpha value is -1.94. The molecule has 0 aliphatic rings. The molecule has 0 radical (unpaired) electrons. The molecule has 0 aliphatic carbocycles. The summed E-state index contributed by atoms with van der Waals surface area (Å²) < 4.78 is 18.8. The molecule has 108 valence electrons. The van der Waals surface area contributed by atoms with Crippen molar-refractivity contribution in [3.05, 3.63) is 54.9 Å². The van der Waals surface area contributed by atoms with E-state index in [2.05, 4.69) is 13.2 Å². The van der Waals surface area contributed by atoms with E-state index in [1.165, 1.54) is 19.2 Å². The number of Topliss-reactive ketones (excluding diaryl/α,β-unsaturated/α-hetero) is 1. The van der Waals surface area contributed by atoms with E-state index in [1.807, 2.05) is 4.90 Å². The lowest BCUT2D eigenvalue weighted by Gasteiger charge is -2.18. The van der Waals surface area contributed by atoms with Gasteiger partial charge in [-0.1, -0.05) is 18.2 Å². The van der Waals surface area contributed by atoms with Gasteiger partial charge in [-0.3, -0.25) is 9.69 Å². The molecule has 0 N–H and O–H groups in total. The third kappa shape index (κ3) is 4.31. The van der Waals surface area contributed by atoms with Crippen LogP contribution in [0.3, 0.4) is 0 Å². The normalized spacial score (nSPS) is 10.3. The lowest BCUT2D eigenvalue weighted by molar-refractivity contribution is 0.0961. The number of carbonyl (C=O) groups is 1. The fourth-order valence-electron chi connectivity index (χ4n) is 1.95. The van der Waals surface area contributed by atoms with Crippen molar-refractivity contribution in [3.8, 4) is 5.75 Å². The highest BCUT2D eigenvalue weighted by molar-refractivity contribution is 5.99. The van der Waals surface area contributed by atoms with Crippen molar-refractivity contribution in [3.63, 3.8) is 0 Å². The van der Waals surface area contributed by atoms with Gasteiger partial charge in [-0.15, -0.1) is 13.2 Å². The van der Waals surface area contributed by atoms with Crippen LogP contribution in [0, 0.1) is 5.82 Å². The van der Waals surface area contributed by atoms with Gasteiger partial charge in [0.15, 0.2) is 5.78 Å². The van der Waals surface area contributed by atoms with Crippen molar-refractivity contribution in [1.82, 2.24) is 4.90 Å². The quantitative estimate of drug-likeness (QED) is 0.513. The Bertz CT molecular complexity index is 475. The first-order chi connectivity index (χ1) is 9.63. The number of nitrogens with zero attached hydrogens (tertiary/aromatic N) is 1. The Labute approximate surface area is 119 Å². The van der Waals surface area contributed by atoms with Gasteiger partial charge in [0.25, 0.3) is 0 Å². The van der Waals surface area contributed by atoms with Crippen LogP contribution < -0.4 is 4.74 Å². The van der Waals surface area contributed by atoms with Crippen molar-refractivity contribution < 1.29 is 13.9 Å². The summed E-state index contributed by atoms with van der Waals surface area (Å²) in [6, 6.07) is 4.37. The maximum Gasteiger partial charge on any atom is 0.170 e. The smallest absolute Gasteiger partial charge is 0.170 e. The highest BCUT2D eigenvalue weighted by atomic mass is 19.1. The van der Waals surface area contributed by atoms with E-state index in [9.17, 15) is 9.18 Å². The average molecular weight is 277 g/mol. The van der Waals surface area contributed by atoms with Crippen molar-refractivity contribution in [2.24, 2.45) is 0 Å². The molecular formula is C16H20FNO2. The van der Waals surface area contributed by atoms with Crippen LogP contribution in [-0.4, -0.2) is 37.4 Å². The lowest BCUT2D eigenvalue weighted by atomic mass is 10.1. The summed E-state index contributed by atoms with van der Waals surface area (Å²) in [5, 5.41) is 0. The predicted octanol–water partition coefficient (Wildman–Crippen LogP) is 3.08. The third-order valence-corrected chi connectivity index (χ3v) is 2.90. The Balaban J connectivity index is 2.76. The summed E-state index contributed by atoms with van der Waals surface area (Å²) in [4.78, 5) is 14.2. The van der Waals surface area contributed by atoms with Crippen molar-refractivity contribution in [2.45, 2.75) is 6.42 Å². The largest absolute Gasteiger partial charge is 0.496 e. The molecule has 0 spiro atoms. The fourth-order valence-corrected chi connectivity index (χ4v) is 1.95. The number of rotatable bonds is 9. The minimum absolute atomic E-state index is 0.0205. The number of methoxy groups -OCH3 is 1. The molecule has 1 aromatic rings. The molecular weight excluding hydrogens is 257 g/mol. The fraction of sp³-hybridized carbons (Fsp3) is 0.312. The van der Waals surface area contributed by atoms with Crippen LogP contribution >= 0.6 is 0 Å². The summed E-state index contributed by atoms with van der Waals surface area (Å²) in [5.41, 5.74) is 0.0205. The second kappa shape index (κ2) is 8.27. The van der Waals surface area contributed by atoms with Crippen molar-refractivity contribution in [2.75, 3.05) is 26.7 Å². The van der Waals surface area contributed by atoms with Crippen LogP contribution in [0.1, 0.15) is 16.8 Å². The molecule has 1 aromatic carbocycles. The number of benzene rings is 1. The van der Waals surface area contributed by atoms with Crippen LogP contribution in [0.4, 0.5) is 4.39 Å². The molecule has 3 nitrogen and oxygen atoms in total. The van der Waals surface area contributed by atoms with Crippen LogP contribution in [0.15, 0.2) is 43.5 Å². The zero-order valence-corrected chi connectivity index (χ0v) is 11.8. The number of ketones is 1. The van der Waals surface area contributed by atoms with E-state index in [-0.39, 0.29) is 23.5 Å². The van der Waals surface area contributed by atoms with Gasteiger partial charge in [-0.2, -0.15) is 0 Å². The molecule has 20 heavy (non-hydrogen) atoms. The Morgan fingerprint density at radius 2 is 2.00 bits per heavy atom. The standard InChI is InChI=1S/C16H20FNO2/c1-4-10-18(11-5-2)12-9-14(19)16-13(17)7-6-8-15(16)20-3/h4-8H,1-2,9-12H2,3H3. The number of hydrogen-bond acceptors (Lipinski definition) is 3. The number of halogens is 1. The van der Waals surface area contributed by atoms with Gasteiger partial charge < -0.3 is 4.74 Å². The number of hydrogen-bond donors (Lipinski definition) is 0. The Morgan fingerprint density at radius 1 is 1.35 bits per heavy atom. The first-order valence-electron chi connectivity index (χ1n) is 6.43. The minimum atomic E-state index is -0.548. The van der Waals surface area contributed by atoms with Gasteiger partial charge in [0.1, 0.15) is 11.6 Å². The number of ether oxygens (including phenoxy) is 1. The van der Waals surface area contributed by atoms with Gasteiger partial charge in [-0.25, -0.2) is 4.39 Å². The maximum absolute atomic E-state index is 13.8. The van der Waals surface area contributed by atoms with Crippen LogP contribution in [-0.2, 0) is 0 Å². The highest BCUT2D eigenvalue weighted by Crippen LogP contribution is 2.22. The molecule has 0 saturated carbocycles. The van der Waals surface area contributed by atoms with Crippen LogP contribution in [0.2, 0.25) is 0 Å². The zero-order chi connectivity index (χ0) is 15.0. The molecule has 0 heterocycles. The van der Waals surface area contributed by atoms with Crippen molar-refractivity contribution >= 4 is 5.78 Å². The van der Waals surface area contributed by atoms with E-state index in [1.54, 1.807) is 18.2 Å². The monoisotopic (exact) mass is 277 g/mol. The first-order valence-corrected chi connectivity index (χ1v) is 6.43.